The van der Waals surface area contributed by atoms with Gasteiger partial charge in [-0.3, -0.25) is 0 Å². The van der Waals surface area contributed by atoms with Gasteiger partial charge in [0, 0.05) is 48.2 Å². The SMILES string of the molecule is CN1CCC[C@H]1COc1nc(N2CCNCC2)c2cc(Cl)c(-c3c(O)cccc3F)c(C3CC3)c2n1. The highest BCUT2D eigenvalue weighted by Crippen LogP contribution is 2.52. The number of phenolic OH excluding ortho intramolecular Hbond substituents is 1. The molecule has 3 heterocycles. The average molecular weight is 512 g/mol. The quantitative estimate of drug-likeness (QED) is 0.502. The Kier molecular flexibility index (Phi) is 6.35. The van der Waals surface area contributed by atoms with Gasteiger partial charge in [0.1, 0.15) is 24.0 Å². The standard InChI is InChI=1S/C27H31ClFN5O2/c1-33-11-3-4-17(33)15-36-27-31-25-18(26(32-27)34-12-9-30-10-13-34)14-19(28)23(22(25)16-7-8-16)24-20(29)5-2-6-21(24)35/h2,5-6,14,16-17,30,35H,3-4,7-13,15H2,1H3/t17-/m0/s1. The van der Waals surface area contributed by atoms with Crippen molar-refractivity contribution in [3.05, 3.63) is 40.7 Å². The van der Waals surface area contributed by atoms with E-state index in [0.29, 0.717) is 29.2 Å². The number of anilines is 1. The molecule has 0 bridgehead atoms. The van der Waals surface area contributed by atoms with Crippen LogP contribution in [0.15, 0.2) is 24.3 Å². The van der Waals surface area contributed by atoms with Crippen LogP contribution in [0.25, 0.3) is 22.0 Å². The van der Waals surface area contributed by atoms with E-state index in [-0.39, 0.29) is 17.2 Å². The summed E-state index contributed by atoms with van der Waals surface area (Å²) in [5.41, 5.74) is 2.26. The van der Waals surface area contributed by atoms with Crippen LogP contribution in [0, 0.1) is 5.82 Å². The fourth-order valence-corrected chi connectivity index (χ4v) is 5.85. The number of benzene rings is 2. The number of piperazine rings is 1. The van der Waals surface area contributed by atoms with E-state index in [2.05, 4.69) is 22.2 Å². The average Bonchev–Trinajstić information content (AvgIpc) is 3.63. The third-order valence-corrected chi connectivity index (χ3v) is 7.96. The number of nitrogens with zero attached hydrogens (tertiary/aromatic N) is 4. The Morgan fingerprint density at radius 1 is 1.14 bits per heavy atom. The zero-order valence-corrected chi connectivity index (χ0v) is 21.2. The molecule has 2 aromatic carbocycles. The lowest BCUT2D eigenvalue weighted by Crippen LogP contribution is -2.44. The molecule has 0 unspecified atom stereocenters. The number of likely N-dealkylation sites (tertiary alicyclic amines) is 1. The van der Waals surface area contributed by atoms with E-state index in [1.807, 2.05) is 6.07 Å². The molecular formula is C27H31ClFN5O2. The molecule has 6 rings (SSSR count). The first-order chi connectivity index (χ1) is 17.5. The number of aromatic hydroxyl groups is 1. The van der Waals surface area contributed by atoms with Crippen molar-refractivity contribution >= 4 is 28.3 Å². The maximum Gasteiger partial charge on any atom is 0.319 e. The number of aromatic nitrogens is 2. The Morgan fingerprint density at radius 2 is 1.94 bits per heavy atom. The molecular weight excluding hydrogens is 481 g/mol. The molecule has 1 atom stereocenters. The maximum absolute atomic E-state index is 15.1. The zero-order chi connectivity index (χ0) is 24.8. The van der Waals surface area contributed by atoms with Crippen LogP contribution in [0.4, 0.5) is 10.2 Å². The second kappa shape index (κ2) is 9.65. The number of rotatable bonds is 6. The van der Waals surface area contributed by atoms with Gasteiger partial charge in [-0.05, 0) is 69.0 Å². The lowest BCUT2D eigenvalue weighted by Gasteiger charge is -2.30. The van der Waals surface area contributed by atoms with Gasteiger partial charge < -0.3 is 25.0 Å². The monoisotopic (exact) mass is 511 g/mol. The van der Waals surface area contributed by atoms with Crippen LogP contribution < -0.4 is 15.0 Å². The number of nitrogens with one attached hydrogen (secondary N) is 1. The van der Waals surface area contributed by atoms with E-state index in [4.69, 9.17) is 26.3 Å². The van der Waals surface area contributed by atoms with Crippen molar-refractivity contribution < 1.29 is 14.2 Å². The van der Waals surface area contributed by atoms with Crippen LogP contribution in [-0.2, 0) is 0 Å². The minimum absolute atomic E-state index is 0.128. The van der Waals surface area contributed by atoms with Gasteiger partial charge in [-0.1, -0.05) is 17.7 Å². The normalized spacial score (nSPS) is 20.9. The van der Waals surface area contributed by atoms with Crippen molar-refractivity contribution in [3.63, 3.8) is 0 Å². The molecule has 0 amide bonds. The van der Waals surface area contributed by atoms with Crippen molar-refractivity contribution in [2.45, 2.75) is 37.6 Å². The fourth-order valence-electron chi connectivity index (χ4n) is 5.55. The van der Waals surface area contributed by atoms with Crippen molar-refractivity contribution in [1.29, 1.82) is 0 Å². The molecule has 0 radical (unpaired) electrons. The predicted octanol–water partition coefficient (Wildman–Crippen LogP) is 4.55. The molecule has 1 aromatic heterocycles. The first kappa shape index (κ1) is 23.7. The summed E-state index contributed by atoms with van der Waals surface area (Å²) >= 11 is 6.87. The minimum Gasteiger partial charge on any atom is -0.507 e. The topological polar surface area (TPSA) is 73.8 Å². The van der Waals surface area contributed by atoms with E-state index < -0.39 is 5.82 Å². The van der Waals surface area contributed by atoms with Crippen LogP contribution >= 0.6 is 11.6 Å². The molecule has 1 saturated carbocycles. The highest BCUT2D eigenvalue weighted by atomic mass is 35.5. The number of ether oxygens (including phenoxy) is 1. The third kappa shape index (κ3) is 4.35. The van der Waals surface area contributed by atoms with E-state index in [9.17, 15) is 5.11 Å². The molecule has 2 aliphatic heterocycles. The van der Waals surface area contributed by atoms with Crippen LogP contribution in [0.2, 0.25) is 5.02 Å². The van der Waals surface area contributed by atoms with Crippen molar-refractivity contribution in [3.8, 4) is 22.9 Å². The number of phenols is 1. The smallest absolute Gasteiger partial charge is 0.319 e. The lowest BCUT2D eigenvalue weighted by atomic mass is 9.92. The van der Waals surface area contributed by atoms with Gasteiger partial charge in [-0.15, -0.1) is 0 Å². The number of hydrogen-bond acceptors (Lipinski definition) is 7. The number of likely N-dealkylation sites (N-methyl/N-ethyl adjacent to an activating group) is 1. The Bertz CT molecular complexity index is 1270. The van der Waals surface area contributed by atoms with Crippen LogP contribution in [0.5, 0.6) is 11.8 Å². The number of fused-ring (bicyclic) bond motifs is 1. The number of hydrogen-bond donors (Lipinski definition) is 2. The third-order valence-electron chi connectivity index (χ3n) is 7.66. The van der Waals surface area contributed by atoms with Gasteiger partial charge >= 0.3 is 6.01 Å². The Balaban J connectivity index is 1.54. The molecule has 3 aliphatic rings. The highest BCUT2D eigenvalue weighted by Gasteiger charge is 2.34. The summed E-state index contributed by atoms with van der Waals surface area (Å²) in [5, 5.41) is 15.3. The van der Waals surface area contributed by atoms with Gasteiger partial charge in [-0.2, -0.15) is 9.97 Å². The van der Waals surface area contributed by atoms with Crippen molar-refractivity contribution in [2.24, 2.45) is 0 Å². The molecule has 9 heteroatoms. The van der Waals surface area contributed by atoms with E-state index >= 15 is 4.39 Å². The largest absolute Gasteiger partial charge is 0.507 e. The van der Waals surface area contributed by atoms with E-state index in [0.717, 1.165) is 80.7 Å². The van der Waals surface area contributed by atoms with Gasteiger partial charge in [0.15, 0.2) is 0 Å². The van der Waals surface area contributed by atoms with Crippen LogP contribution in [-0.4, -0.2) is 72.4 Å². The van der Waals surface area contributed by atoms with E-state index in [1.54, 1.807) is 0 Å². The summed E-state index contributed by atoms with van der Waals surface area (Å²) in [5.74, 6) is 0.356. The Hall–Kier alpha value is -2.68. The summed E-state index contributed by atoms with van der Waals surface area (Å²) < 4.78 is 21.3. The highest BCUT2D eigenvalue weighted by molar-refractivity contribution is 6.35. The summed E-state index contributed by atoms with van der Waals surface area (Å²) in [7, 11) is 2.12. The summed E-state index contributed by atoms with van der Waals surface area (Å²) in [6.45, 7) is 4.93. The molecule has 1 aliphatic carbocycles. The first-order valence-electron chi connectivity index (χ1n) is 12.8. The van der Waals surface area contributed by atoms with Gasteiger partial charge in [0.25, 0.3) is 0 Å². The van der Waals surface area contributed by atoms with Crippen molar-refractivity contribution in [2.75, 3.05) is 51.3 Å². The molecule has 36 heavy (non-hydrogen) atoms. The summed E-state index contributed by atoms with van der Waals surface area (Å²) in [6, 6.07) is 6.85. The summed E-state index contributed by atoms with van der Waals surface area (Å²) in [6.07, 6.45) is 4.19. The molecule has 0 spiro atoms. The first-order valence-corrected chi connectivity index (χ1v) is 13.2. The van der Waals surface area contributed by atoms with Gasteiger partial charge in [0.05, 0.1) is 11.1 Å². The molecule has 190 valence electrons. The molecule has 7 nitrogen and oxygen atoms in total. The number of halogens is 2. The van der Waals surface area contributed by atoms with Crippen LogP contribution in [0.3, 0.4) is 0 Å². The molecule has 3 aromatic rings. The van der Waals surface area contributed by atoms with E-state index in [1.165, 1.54) is 18.2 Å². The fraction of sp³-hybridized carbons (Fsp3) is 0.481. The molecule has 2 saturated heterocycles. The van der Waals surface area contributed by atoms with Crippen molar-refractivity contribution in [1.82, 2.24) is 20.2 Å². The Labute approximate surface area is 215 Å². The van der Waals surface area contributed by atoms with Gasteiger partial charge in [-0.25, -0.2) is 4.39 Å². The van der Waals surface area contributed by atoms with Gasteiger partial charge in [0.2, 0.25) is 0 Å². The molecule has 3 fully saturated rings. The summed E-state index contributed by atoms with van der Waals surface area (Å²) in [4.78, 5) is 14.3. The zero-order valence-electron chi connectivity index (χ0n) is 20.4. The minimum atomic E-state index is -0.504. The lowest BCUT2D eigenvalue weighted by molar-refractivity contribution is 0.188. The second-order valence-electron chi connectivity index (χ2n) is 10.1. The van der Waals surface area contributed by atoms with Crippen LogP contribution in [0.1, 0.15) is 37.2 Å². The Morgan fingerprint density at radius 3 is 2.64 bits per heavy atom. The predicted molar refractivity (Wildman–Crippen MR) is 140 cm³/mol. The second-order valence-corrected chi connectivity index (χ2v) is 10.5. The maximum atomic E-state index is 15.1. The molecule has 2 N–H and O–H groups in total.